The minimum atomic E-state index is -1.77. The molecular weight excluding hydrogens is 451 g/mol. The lowest BCUT2D eigenvalue weighted by molar-refractivity contribution is -0.160. The SMILES string of the molecule is C[C@H]1C[C@H]2[C@@H]3CCC4=CC(O)=C(O)C(=O)[C@]4(C)[C@@]3(F)CC[C@]2(C)[C@@H]1C(=S)OCc1ccccc1. The highest BCUT2D eigenvalue weighted by atomic mass is 32.1. The molecule has 34 heavy (non-hydrogen) atoms. The summed E-state index contributed by atoms with van der Waals surface area (Å²) < 4.78 is 23.3. The van der Waals surface area contributed by atoms with Crippen molar-refractivity contribution in [1.82, 2.24) is 0 Å². The Balaban J connectivity index is 1.43. The van der Waals surface area contributed by atoms with E-state index in [1.54, 1.807) is 6.92 Å². The number of hydrogen-bond donors (Lipinski definition) is 2. The third kappa shape index (κ3) is 3.06. The van der Waals surface area contributed by atoms with Crippen LogP contribution < -0.4 is 0 Å². The number of fused-ring (bicyclic) bond motifs is 5. The molecule has 1 aromatic rings. The van der Waals surface area contributed by atoms with Crippen molar-refractivity contribution in [1.29, 1.82) is 0 Å². The number of carbonyl (C=O) groups excluding carboxylic acids is 1. The second-order valence-corrected chi connectivity index (χ2v) is 11.7. The van der Waals surface area contributed by atoms with Crippen LogP contribution in [-0.4, -0.2) is 26.7 Å². The molecule has 0 unspecified atom stereocenters. The lowest BCUT2D eigenvalue weighted by Crippen LogP contribution is -2.63. The lowest BCUT2D eigenvalue weighted by atomic mass is 9.45. The van der Waals surface area contributed by atoms with Gasteiger partial charge in [-0.1, -0.05) is 44.2 Å². The van der Waals surface area contributed by atoms with Crippen LogP contribution in [-0.2, 0) is 16.1 Å². The van der Waals surface area contributed by atoms with E-state index in [1.807, 2.05) is 30.3 Å². The fourth-order valence-corrected chi connectivity index (χ4v) is 8.50. The Bertz CT molecular complexity index is 1100. The van der Waals surface area contributed by atoms with Gasteiger partial charge in [0.1, 0.15) is 12.3 Å². The van der Waals surface area contributed by atoms with Gasteiger partial charge in [0.15, 0.2) is 10.8 Å². The molecule has 0 radical (unpaired) electrons. The molecule has 0 spiro atoms. The maximum Gasteiger partial charge on any atom is 0.214 e. The first-order chi connectivity index (χ1) is 16.0. The normalized spacial score (nSPS) is 41.3. The van der Waals surface area contributed by atoms with Crippen molar-refractivity contribution in [3.8, 4) is 0 Å². The number of aliphatic hydroxyl groups excluding tert-OH is 2. The number of rotatable bonds is 3. The first-order valence-electron chi connectivity index (χ1n) is 12.3. The van der Waals surface area contributed by atoms with E-state index in [4.69, 9.17) is 17.0 Å². The summed E-state index contributed by atoms with van der Waals surface area (Å²) in [6.07, 6.45) is 4.23. The van der Waals surface area contributed by atoms with Gasteiger partial charge in [0.25, 0.3) is 0 Å². The number of carbonyl (C=O) groups is 1. The van der Waals surface area contributed by atoms with E-state index in [2.05, 4.69) is 13.8 Å². The van der Waals surface area contributed by atoms with E-state index in [0.29, 0.717) is 36.5 Å². The van der Waals surface area contributed by atoms with Gasteiger partial charge < -0.3 is 14.9 Å². The van der Waals surface area contributed by atoms with Gasteiger partial charge in [-0.15, -0.1) is 0 Å². The van der Waals surface area contributed by atoms with Gasteiger partial charge in [-0.25, -0.2) is 4.39 Å². The van der Waals surface area contributed by atoms with Crippen LogP contribution in [0.25, 0.3) is 0 Å². The van der Waals surface area contributed by atoms with Crippen LogP contribution in [0.4, 0.5) is 4.39 Å². The topological polar surface area (TPSA) is 66.8 Å². The van der Waals surface area contributed by atoms with Crippen LogP contribution >= 0.6 is 12.2 Å². The third-order valence-corrected chi connectivity index (χ3v) is 10.1. The van der Waals surface area contributed by atoms with Crippen molar-refractivity contribution in [2.24, 2.45) is 34.5 Å². The summed E-state index contributed by atoms with van der Waals surface area (Å²) in [5.74, 6) is -1.80. The number of ketones is 1. The monoisotopic (exact) mass is 484 g/mol. The largest absolute Gasteiger partial charge is 0.504 e. The molecule has 7 atom stereocenters. The van der Waals surface area contributed by atoms with Crippen LogP contribution in [0.2, 0.25) is 0 Å². The van der Waals surface area contributed by atoms with Crippen molar-refractivity contribution in [3.63, 3.8) is 0 Å². The van der Waals surface area contributed by atoms with Gasteiger partial charge in [0.2, 0.25) is 11.5 Å². The average Bonchev–Trinajstić information content (AvgIpc) is 3.09. The molecule has 4 aliphatic rings. The highest BCUT2D eigenvalue weighted by Crippen LogP contribution is 2.70. The Morgan fingerprint density at radius 1 is 1.18 bits per heavy atom. The van der Waals surface area contributed by atoms with Crippen LogP contribution in [0.15, 0.2) is 53.5 Å². The van der Waals surface area contributed by atoms with E-state index in [1.165, 1.54) is 6.08 Å². The Morgan fingerprint density at radius 3 is 2.59 bits per heavy atom. The van der Waals surface area contributed by atoms with Gasteiger partial charge in [0.05, 0.1) is 5.41 Å². The van der Waals surface area contributed by atoms with E-state index in [9.17, 15) is 15.0 Å². The summed E-state index contributed by atoms with van der Waals surface area (Å²) >= 11 is 5.82. The van der Waals surface area contributed by atoms with E-state index < -0.39 is 28.4 Å². The predicted molar refractivity (Wildman–Crippen MR) is 132 cm³/mol. The number of ether oxygens (including phenoxy) is 1. The zero-order valence-corrected chi connectivity index (χ0v) is 20.8. The second kappa shape index (κ2) is 7.91. The number of allylic oxidation sites excluding steroid dienone is 3. The first kappa shape index (κ1) is 23.5. The Morgan fingerprint density at radius 2 is 1.88 bits per heavy atom. The van der Waals surface area contributed by atoms with Crippen molar-refractivity contribution < 1.29 is 24.1 Å². The zero-order valence-electron chi connectivity index (χ0n) is 20.0. The summed E-state index contributed by atoms with van der Waals surface area (Å²) in [4.78, 5) is 13.2. The maximum atomic E-state index is 17.2. The predicted octanol–water partition coefficient (Wildman–Crippen LogP) is 6.56. The summed E-state index contributed by atoms with van der Waals surface area (Å²) in [5.41, 5.74) is -1.76. The van der Waals surface area contributed by atoms with Crippen LogP contribution in [0, 0.1) is 34.5 Å². The molecule has 0 aliphatic heterocycles. The minimum absolute atomic E-state index is 0.0462. The number of thiocarbonyl (C=S) groups is 1. The van der Waals surface area contributed by atoms with Gasteiger partial charge in [0, 0.05) is 5.92 Å². The molecule has 182 valence electrons. The quantitative estimate of drug-likeness (QED) is 0.475. The minimum Gasteiger partial charge on any atom is -0.504 e. The standard InChI is InChI=1S/C28H33FO4S/c1-16-13-20-19-10-9-18-14-21(30)23(31)24(32)27(18,3)28(19,29)12-11-26(20,2)22(16)25(34)33-15-17-7-5-4-6-8-17/h4-8,14,16,19-20,22,30-31H,9-13,15H2,1-3H3/t16-,19-,20-,22-,26-,27+,28+/m0/s1. The molecule has 0 heterocycles. The molecule has 1 aromatic carbocycles. The van der Waals surface area contributed by atoms with Crippen LogP contribution in [0.1, 0.15) is 58.4 Å². The summed E-state index contributed by atoms with van der Waals surface area (Å²) in [7, 11) is 0. The second-order valence-electron chi connectivity index (χ2n) is 11.3. The number of Topliss-reactive ketones (excluding diaryl/α,β-unsaturated/α-hetero) is 1. The van der Waals surface area contributed by atoms with Gasteiger partial charge in [-0.3, -0.25) is 4.79 Å². The van der Waals surface area contributed by atoms with Crippen molar-refractivity contribution in [2.45, 2.75) is 65.2 Å². The van der Waals surface area contributed by atoms with Gasteiger partial charge in [-0.05, 0) is 91.6 Å². The molecule has 0 saturated heterocycles. The van der Waals surface area contributed by atoms with Gasteiger partial charge >= 0.3 is 0 Å². The maximum absolute atomic E-state index is 17.2. The highest BCUT2D eigenvalue weighted by molar-refractivity contribution is 7.80. The summed E-state index contributed by atoms with van der Waals surface area (Å²) in [5, 5.41) is 20.9. The van der Waals surface area contributed by atoms with Gasteiger partial charge in [-0.2, -0.15) is 0 Å². The average molecular weight is 485 g/mol. The molecular formula is C28H33FO4S. The summed E-state index contributed by atoms with van der Waals surface area (Å²) in [6.45, 7) is 6.46. The molecule has 3 fully saturated rings. The summed E-state index contributed by atoms with van der Waals surface area (Å²) in [6, 6.07) is 9.95. The molecule has 6 heteroatoms. The van der Waals surface area contributed by atoms with Crippen molar-refractivity contribution in [3.05, 3.63) is 59.1 Å². The number of aliphatic hydroxyl groups is 2. The molecule has 3 saturated carbocycles. The number of alkyl halides is 1. The molecule has 0 amide bonds. The molecule has 4 aliphatic carbocycles. The molecule has 0 bridgehead atoms. The molecule has 0 aromatic heterocycles. The smallest absolute Gasteiger partial charge is 0.214 e. The van der Waals surface area contributed by atoms with E-state index >= 15 is 4.39 Å². The highest BCUT2D eigenvalue weighted by Gasteiger charge is 2.71. The molecule has 5 rings (SSSR count). The Hall–Kier alpha value is -2.21. The van der Waals surface area contributed by atoms with E-state index in [0.717, 1.165) is 12.0 Å². The first-order valence-corrected chi connectivity index (χ1v) is 12.7. The fraction of sp³-hybridized carbons (Fsp3) is 0.571. The number of benzene rings is 1. The van der Waals surface area contributed by atoms with Crippen LogP contribution in [0.3, 0.4) is 0 Å². The third-order valence-electron chi connectivity index (χ3n) is 9.75. The number of hydrogen-bond acceptors (Lipinski definition) is 5. The van der Waals surface area contributed by atoms with Crippen LogP contribution in [0.5, 0.6) is 0 Å². The zero-order chi connectivity index (χ0) is 24.5. The fourth-order valence-electron chi connectivity index (χ4n) is 7.94. The number of halogens is 1. The van der Waals surface area contributed by atoms with Crippen molar-refractivity contribution >= 4 is 23.1 Å². The lowest BCUT2D eigenvalue weighted by Gasteiger charge is -2.60. The Kier molecular flexibility index (Phi) is 5.47. The molecule has 2 N–H and O–H groups in total. The Labute approximate surface area is 205 Å². The van der Waals surface area contributed by atoms with E-state index in [-0.39, 0.29) is 35.5 Å². The van der Waals surface area contributed by atoms with Crippen molar-refractivity contribution in [2.75, 3.05) is 0 Å². The molecule has 4 nitrogen and oxygen atoms in total.